The summed E-state index contributed by atoms with van der Waals surface area (Å²) >= 11 is 0. The van der Waals surface area contributed by atoms with Gasteiger partial charge < -0.3 is 4.74 Å². The van der Waals surface area contributed by atoms with E-state index in [0.717, 1.165) is 31.2 Å². The van der Waals surface area contributed by atoms with E-state index >= 15 is 0 Å². The van der Waals surface area contributed by atoms with Crippen molar-refractivity contribution >= 4 is 0 Å². The minimum absolute atomic E-state index is 0.187. The maximum absolute atomic E-state index is 14.5. The smallest absolute Gasteiger partial charge is 0.399 e. The standard InChI is InChI=1S/C23H31F5O/c1-2-3-4-5-6-15-7-9-16(10-8-15)17-11-12-19-18(13-17)14-20(24)22(21(19)25)29-23(26,27)28/h14-17H,2-13H2,1H3. The summed E-state index contributed by atoms with van der Waals surface area (Å²) in [6, 6.07) is 1.05. The van der Waals surface area contributed by atoms with Crippen molar-refractivity contribution in [3.8, 4) is 5.75 Å². The normalized spacial score (nSPS) is 25.0. The summed E-state index contributed by atoms with van der Waals surface area (Å²) < 4.78 is 69.4. The van der Waals surface area contributed by atoms with Crippen molar-refractivity contribution in [2.45, 2.75) is 90.3 Å². The Kier molecular flexibility index (Phi) is 7.44. The Morgan fingerprint density at radius 3 is 2.34 bits per heavy atom. The third-order valence-electron chi connectivity index (χ3n) is 6.86. The van der Waals surface area contributed by atoms with Crippen LogP contribution in [0.2, 0.25) is 0 Å². The van der Waals surface area contributed by atoms with Gasteiger partial charge in [0.2, 0.25) is 5.75 Å². The molecule has 164 valence electrons. The molecule has 3 rings (SSSR count). The third-order valence-corrected chi connectivity index (χ3v) is 6.86. The number of unbranched alkanes of at least 4 members (excludes halogenated alkanes) is 3. The highest BCUT2D eigenvalue weighted by Gasteiger charge is 2.37. The van der Waals surface area contributed by atoms with Gasteiger partial charge in [0.05, 0.1) is 0 Å². The zero-order valence-electron chi connectivity index (χ0n) is 17.1. The van der Waals surface area contributed by atoms with Crippen molar-refractivity contribution in [3.05, 3.63) is 28.8 Å². The molecule has 2 aliphatic carbocycles. The molecule has 1 fully saturated rings. The summed E-state index contributed by atoms with van der Waals surface area (Å²) in [5.41, 5.74) is 0.693. The molecule has 29 heavy (non-hydrogen) atoms. The summed E-state index contributed by atoms with van der Waals surface area (Å²) in [6.07, 6.45) is 7.75. The Labute approximate surface area is 170 Å². The summed E-state index contributed by atoms with van der Waals surface area (Å²) in [5.74, 6) is -2.07. The Morgan fingerprint density at radius 2 is 1.69 bits per heavy atom. The molecule has 0 N–H and O–H groups in total. The molecule has 1 aromatic carbocycles. The van der Waals surface area contributed by atoms with Gasteiger partial charge in [0.15, 0.2) is 11.6 Å². The number of rotatable bonds is 7. The van der Waals surface area contributed by atoms with Gasteiger partial charge in [0.1, 0.15) is 0 Å². The van der Waals surface area contributed by atoms with Crippen LogP contribution in [0.3, 0.4) is 0 Å². The van der Waals surface area contributed by atoms with E-state index in [1.54, 1.807) is 0 Å². The zero-order chi connectivity index (χ0) is 21.0. The molecule has 1 aromatic rings. The minimum atomic E-state index is -5.11. The SMILES string of the molecule is CCCCCCC1CCC(C2CCc3c(cc(F)c(OC(F)(F)F)c3F)C2)CC1. The van der Waals surface area contributed by atoms with E-state index < -0.39 is 23.7 Å². The van der Waals surface area contributed by atoms with Crippen LogP contribution in [0.15, 0.2) is 6.07 Å². The molecule has 0 aliphatic heterocycles. The number of halogens is 5. The van der Waals surface area contributed by atoms with Crippen LogP contribution in [-0.4, -0.2) is 6.36 Å². The van der Waals surface area contributed by atoms with Gasteiger partial charge in [-0.1, -0.05) is 51.9 Å². The lowest BCUT2D eigenvalue weighted by molar-refractivity contribution is -0.276. The van der Waals surface area contributed by atoms with E-state index in [2.05, 4.69) is 11.7 Å². The van der Waals surface area contributed by atoms with Crippen molar-refractivity contribution in [1.29, 1.82) is 0 Å². The van der Waals surface area contributed by atoms with Gasteiger partial charge in [0, 0.05) is 0 Å². The molecule has 6 heteroatoms. The molecule has 0 aromatic heterocycles. The summed E-state index contributed by atoms with van der Waals surface area (Å²) in [7, 11) is 0. The highest BCUT2D eigenvalue weighted by atomic mass is 19.4. The number of fused-ring (bicyclic) bond motifs is 1. The number of ether oxygens (including phenoxy) is 1. The predicted octanol–water partition coefficient (Wildman–Crippen LogP) is 7.75. The first-order valence-electron chi connectivity index (χ1n) is 11.0. The Hall–Kier alpha value is -1.33. The Balaban J connectivity index is 1.58. The number of hydrogen-bond acceptors (Lipinski definition) is 1. The molecule has 0 saturated heterocycles. The van der Waals surface area contributed by atoms with E-state index in [0.29, 0.717) is 30.2 Å². The minimum Gasteiger partial charge on any atom is -0.399 e. The van der Waals surface area contributed by atoms with Gasteiger partial charge in [-0.3, -0.25) is 0 Å². The fourth-order valence-corrected chi connectivity index (χ4v) is 5.27. The summed E-state index contributed by atoms with van der Waals surface area (Å²) in [6.45, 7) is 2.22. The van der Waals surface area contributed by atoms with E-state index in [-0.39, 0.29) is 5.56 Å². The van der Waals surface area contributed by atoms with Crippen molar-refractivity contribution in [2.24, 2.45) is 17.8 Å². The molecular formula is C23H31F5O. The third kappa shape index (κ3) is 5.85. The van der Waals surface area contributed by atoms with Gasteiger partial charge in [-0.15, -0.1) is 13.2 Å². The van der Waals surface area contributed by atoms with Gasteiger partial charge in [-0.25, -0.2) is 8.78 Å². The van der Waals surface area contributed by atoms with Gasteiger partial charge in [-0.05, 0) is 67.1 Å². The van der Waals surface area contributed by atoms with Crippen LogP contribution in [0.5, 0.6) is 5.75 Å². The molecule has 0 amide bonds. The summed E-state index contributed by atoms with van der Waals surface area (Å²) in [5, 5.41) is 0. The predicted molar refractivity (Wildman–Crippen MR) is 103 cm³/mol. The van der Waals surface area contributed by atoms with E-state index in [1.807, 2.05) is 0 Å². The first kappa shape index (κ1) is 22.4. The molecule has 1 unspecified atom stereocenters. The molecule has 1 saturated carbocycles. The molecule has 2 aliphatic rings. The second kappa shape index (κ2) is 9.65. The van der Waals surface area contributed by atoms with Crippen molar-refractivity contribution in [3.63, 3.8) is 0 Å². The second-order valence-corrected chi connectivity index (χ2v) is 8.82. The second-order valence-electron chi connectivity index (χ2n) is 8.82. The first-order chi connectivity index (χ1) is 13.8. The van der Waals surface area contributed by atoms with Crippen LogP contribution in [0.25, 0.3) is 0 Å². The zero-order valence-corrected chi connectivity index (χ0v) is 17.1. The molecule has 0 spiro atoms. The number of benzene rings is 1. The van der Waals surface area contributed by atoms with Crippen molar-refractivity contribution in [2.75, 3.05) is 0 Å². The molecule has 0 heterocycles. The highest BCUT2D eigenvalue weighted by Crippen LogP contribution is 2.43. The average Bonchev–Trinajstić information content (AvgIpc) is 2.68. The van der Waals surface area contributed by atoms with Crippen LogP contribution in [0.4, 0.5) is 22.0 Å². The maximum Gasteiger partial charge on any atom is 0.573 e. The fraction of sp³-hybridized carbons (Fsp3) is 0.739. The Bertz CT molecular complexity index is 677. The van der Waals surface area contributed by atoms with E-state index in [1.165, 1.54) is 44.9 Å². The lowest BCUT2D eigenvalue weighted by atomic mass is 9.69. The van der Waals surface area contributed by atoms with Crippen LogP contribution in [-0.2, 0) is 12.8 Å². The fourth-order valence-electron chi connectivity index (χ4n) is 5.27. The molecular weight excluding hydrogens is 387 g/mol. The van der Waals surface area contributed by atoms with E-state index in [4.69, 9.17) is 0 Å². The van der Waals surface area contributed by atoms with Crippen molar-refractivity contribution in [1.82, 2.24) is 0 Å². The number of alkyl halides is 3. The van der Waals surface area contributed by atoms with Gasteiger partial charge >= 0.3 is 6.36 Å². The molecule has 0 radical (unpaired) electrons. The van der Waals surface area contributed by atoms with Crippen LogP contribution in [0.1, 0.15) is 82.3 Å². The number of hydrogen-bond donors (Lipinski definition) is 0. The molecule has 0 bridgehead atoms. The van der Waals surface area contributed by atoms with Gasteiger partial charge in [0.25, 0.3) is 0 Å². The Morgan fingerprint density at radius 1 is 0.966 bits per heavy atom. The first-order valence-corrected chi connectivity index (χ1v) is 11.0. The van der Waals surface area contributed by atoms with Crippen molar-refractivity contribution < 1.29 is 26.7 Å². The maximum atomic E-state index is 14.5. The lowest BCUT2D eigenvalue weighted by Crippen LogP contribution is -2.28. The lowest BCUT2D eigenvalue weighted by Gasteiger charge is -2.36. The highest BCUT2D eigenvalue weighted by molar-refractivity contribution is 5.41. The average molecular weight is 418 g/mol. The monoisotopic (exact) mass is 418 g/mol. The molecule has 1 atom stereocenters. The van der Waals surface area contributed by atoms with E-state index in [9.17, 15) is 22.0 Å². The largest absolute Gasteiger partial charge is 0.573 e. The van der Waals surface area contributed by atoms with Crippen LogP contribution in [0, 0.1) is 29.4 Å². The quantitative estimate of drug-likeness (QED) is 0.325. The topological polar surface area (TPSA) is 9.23 Å². The molecule has 1 nitrogen and oxygen atoms in total. The van der Waals surface area contributed by atoms with Gasteiger partial charge in [-0.2, -0.15) is 0 Å². The van der Waals surface area contributed by atoms with Crippen LogP contribution < -0.4 is 4.74 Å². The van der Waals surface area contributed by atoms with Crippen LogP contribution >= 0.6 is 0 Å². The summed E-state index contributed by atoms with van der Waals surface area (Å²) in [4.78, 5) is 0.